The number of nitrogens with one attached hydrogen (secondary N) is 1. The average Bonchev–Trinajstić information content (AvgIpc) is 2.38. The van der Waals surface area contributed by atoms with Crippen LogP contribution in [0.3, 0.4) is 0 Å². The smallest absolute Gasteiger partial charge is 0.410 e. The van der Waals surface area contributed by atoms with Gasteiger partial charge < -0.3 is 15.0 Å². The molecule has 1 aliphatic heterocycles. The van der Waals surface area contributed by atoms with E-state index >= 15 is 0 Å². The van der Waals surface area contributed by atoms with E-state index < -0.39 is 5.60 Å². The molecule has 0 radical (unpaired) electrons. The van der Waals surface area contributed by atoms with E-state index in [1.165, 1.54) is 32.1 Å². The number of carbonyl (C=O) groups excluding carboxylic acids is 1. The second-order valence-corrected chi connectivity index (χ2v) is 6.89. The van der Waals surface area contributed by atoms with E-state index in [0.29, 0.717) is 6.04 Å². The van der Waals surface area contributed by atoms with Crippen molar-refractivity contribution in [1.82, 2.24) is 10.2 Å². The Morgan fingerprint density at radius 2 is 1.89 bits per heavy atom. The first-order valence-electron chi connectivity index (χ1n) is 7.67. The van der Waals surface area contributed by atoms with Crippen LogP contribution < -0.4 is 5.32 Å². The lowest BCUT2D eigenvalue weighted by Gasteiger charge is -2.39. The number of amides is 1. The average molecular weight is 268 g/mol. The lowest BCUT2D eigenvalue weighted by atomic mass is 9.83. The van der Waals surface area contributed by atoms with Crippen LogP contribution in [0, 0.1) is 5.92 Å². The highest BCUT2D eigenvalue weighted by molar-refractivity contribution is 5.68. The van der Waals surface area contributed by atoms with Crippen LogP contribution in [-0.2, 0) is 4.74 Å². The summed E-state index contributed by atoms with van der Waals surface area (Å²) in [7, 11) is 0. The largest absolute Gasteiger partial charge is 0.444 e. The first-order valence-corrected chi connectivity index (χ1v) is 7.67. The summed E-state index contributed by atoms with van der Waals surface area (Å²) in [5, 5.41) is 3.59. The fourth-order valence-corrected chi connectivity index (χ4v) is 3.12. The van der Waals surface area contributed by atoms with Crippen LogP contribution >= 0.6 is 0 Å². The van der Waals surface area contributed by atoms with Gasteiger partial charge in [-0.25, -0.2) is 4.79 Å². The molecule has 1 aliphatic carbocycles. The number of hydrogen-bond donors (Lipinski definition) is 1. The fraction of sp³-hybridized carbons (Fsp3) is 0.933. The SMILES string of the molecule is CC(C)(C)OC(=O)N1CCNC(C2CCCCC2)C1. The predicted octanol–water partition coefficient (Wildman–Crippen LogP) is 2.78. The Morgan fingerprint density at radius 3 is 2.53 bits per heavy atom. The first-order chi connectivity index (χ1) is 8.96. The molecule has 0 aromatic carbocycles. The molecule has 0 aromatic heterocycles. The van der Waals surface area contributed by atoms with Crippen molar-refractivity contribution in [2.75, 3.05) is 19.6 Å². The molecule has 1 unspecified atom stereocenters. The topological polar surface area (TPSA) is 41.6 Å². The number of carbonyl (C=O) groups is 1. The Labute approximate surface area is 116 Å². The summed E-state index contributed by atoms with van der Waals surface area (Å²) in [6.07, 6.45) is 6.51. The van der Waals surface area contributed by atoms with Gasteiger partial charge in [0.15, 0.2) is 0 Å². The van der Waals surface area contributed by atoms with E-state index in [-0.39, 0.29) is 6.09 Å². The van der Waals surface area contributed by atoms with Crippen molar-refractivity contribution in [3.63, 3.8) is 0 Å². The van der Waals surface area contributed by atoms with Crippen LogP contribution in [0.1, 0.15) is 52.9 Å². The molecule has 110 valence electrons. The summed E-state index contributed by atoms with van der Waals surface area (Å²) in [4.78, 5) is 14.0. The van der Waals surface area contributed by atoms with Crippen LogP contribution in [0.5, 0.6) is 0 Å². The van der Waals surface area contributed by atoms with E-state index in [2.05, 4.69) is 5.32 Å². The van der Waals surface area contributed by atoms with E-state index in [4.69, 9.17) is 4.74 Å². The molecule has 2 aliphatic rings. The van der Waals surface area contributed by atoms with Crippen molar-refractivity contribution in [3.8, 4) is 0 Å². The minimum atomic E-state index is -0.401. The highest BCUT2D eigenvalue weighted by Gasteiger charge is 2.31. The number of piperazine rings is 1. The van der Waals surface area contributed by atoms with Crippen molar-refractivity contribution in [1.29, 1.82) is 0 Å². The summed E-state index contributed by atoms with van der Waals surface area (Å²) in [5.74, 6) is 0.735. The van der Waals surface area contributed by atoms with Crippen molar-refractivity contribution in [2.24, 2.45) is 5.92 Å². The summed E-state index contributed by atoms with van der Waals surface area (Å²) >= 11 is 0. The molecule has 4 nitrogen and oxygen atoms in total. The van der Waals surface area contributed by atoms with Gasteiger partial charge in [0, 0.05) is 25.7 Å². The lowest BCUT2D eigenvalue weighted by molar-refractivity contribution is 0.0162. The lowest BCUT2D eigenvalue weighted by Crippen LogP contribution is -2.56. The second-order valence-electron chi connectivity index (χ2n) is 6.89. The van der Waals surface area contributed by atoms with Gasteiger partial charge in [0.2, 0.25) is 0 Å². The Bertz CT molecular complexity index is 306. The Hall–Kier alpha value is -0.770. The van der Waals surface area contributed by atoms with Gasteiger partial charge in [-0.15, -0.1) is 0 Å². The molecule has 1 N–H and O–H groups in total. The predicted molar refractivity (Wildman–Crippen MR) is 76.2 cm³/mol. The third-order valence-electron chi connectivity index (χ3n) is 4.08. The third-order valence-corrected chi connectivity index (χ3v) is 4.08. The zero-order chi connectivity index (χ0) is 13.9. The third kappa shape index (κ3) is 4.37. The van der Waals surface area contributed by atoms with Gasteiger partial charge in [-0.05, 0) is 39.5 Å². The maximum Gasteiger partial charge on any atom is 0.410 e. The summed E-state index contributed by atoms with van der Waals surface area (Å²) < 4.78 is 5.47. The normalized spacial score (nSPS) is 26.3. The molecular formula is C15H28N2O2. The summed E-state index contributed by atoms with van der Waals surface area (Å²) in [6.45, 7) is 8.22. The molecule has 1 heterocycles. The van der Waals surface area contributed by atoms with Gasteiger partial charge in [-0.3, -0.25) is 0 Å². The minimum Gasteiger partial charge on any atom is -0.444 e. The van der Waals surface area contributed by atoms with E-state index in [0.717, 1.165) is 25.6 Å². The van der Waals surface area contributed by atoms with Crippen molar-refractivity contribution in [2.45, 2.75) is 64.5 Å². The van der Waals surface area contributed by atoms with Gasteiger partial charge in [0.25, 0.3) is 0 Å². The molecule has 4 heteroatoms. The van der Waals surface area contributed by atoms with Crippen molar-refractivity contribution < 1.29 is 9.53 Å². The fourth-order valence-electron chi connectivity index (χ4n) is 3.12. The quantitative estimate of drug-likeness (QED) is 0.795. The zero-order valence-electron chi connectivity index (χ0n) is 12.6. The molecule has 0 spiro atoms. The number of ether oxygens (including phenoxy) is 1. The van der Waals surface area contributed by atoms with E-state index in [9.17, 15) is 4.79 Å². The van der Waals surface area contributed by atoms with Crippen LogP contribution in [0.2, 0.25) is 0 Å². The molecule has 0 bridgehead atoms. The molecule has 2 fully saturated rings. The first kappa shape index (κ1) is 14.6. The van der Waals surface area contributed by atoms with Gasteiger partial charge in [-0.2, -0.15) is 0 Å². The summed E-state index contributed by atoms with van der Waals surface area (Å²) in [6, 6.07) is 0.460. The van der Waals surface area contributed by atoms with Crippen LogP contribution in [0.25, 0.3) is 0 Å². The van der Waals surface area contributed by atoms with Crippen LogP contribution in [0.15, 0.2) is 0 Å². The molecule has 1 amide bonds. The number of rotatable bonds is 1. The van der Waals surface area contributed by atoms with Gasteiger partial charge >= 0.3 is 6.09 Å². The van der Waals surface area contributed by atoms with Crippen molar-refractivity contribution in [3.05, 3.63) is 0 Å². The Morgan fingerprint density at radius 1 is 1.21 bits per heavy atom. The maximum absolute atomic E-state index is 12.1. The Kier molecular flexibility index (Phi) is 4.71. The molecule has 2 rings (SSSR count). The van der Waals surface area contributed by atoms with E-state index in [1.807, 2.05) is 25.7 Å². The molecule has 1 atom stereocenters. The number of hydrogen-bond acceptors (Lipinski definition) is 3. The highest BCUT2D eigenvalue weighted by atomic mass is 16.6. The highest BCUT2D eigenvalue weighted by Crippen LogP contribution is 2.28. The monoisotopic (exact) mass is 268 g/mol. The molecule has 19 heavy (non-hydrogen) atoms. The zero-order valence-corrected chi connectivity index (χ0v) is 12.6. The van der Waals surface area contributed by atoms with E-state index in [1.54, 1.807) is 0 Å². The van der Waals surface area contributed by atoms with Gasteiger partial charge in [0.1, 0.15) is 5.60 Å². The van der Waals surface area contributed by atoms with Crippen LogP contribution in [-0.4, -0.2) is 42.3 Å². The van der Waals surface area contributed by atoms with Crippen molar-refractivity contribution >= 4 is 6.09 Å². The minimum absolute atomic E-state index is 0.158. The number of nitrogens with zero attached hydrogens (tertiary/aromatic N) is 1. The molecule has 1 saturated carbocycles. The van der Waals surface area contributed by atoms with Crippen LogP contribution in [0.4, 0.5) is 4.79 Å². The van der Waals surface area contributed by atoms with Gasteiger partial charge in [-0.1, -0.05) is 19.3 Å². The Balaban J connectivity index is 1.87. The summed E-state index contributed by atoms with van der Waals surface area (Å²) in [5.41, 5.74) is -0.401. The van der Waals surface area contributed by atoms with Gasteiger partial charge in [0.05, 0.1) is 0 Å². The second kappa shape index (κ2) is 6.12. The maximum atomic E-state index is 12.1. The molecular weight excluding hydrogens is 240 g/mol. The molecule has 0 aromatic rings. The molecule has 1 saturated heterocycles. The standard InChI is InChI=1S/C15H28N2O2/c1-15(2,3)19-14(18)17-10-9-16-13(11-17)12-7-5-4-6-8-12/h12-13,16H,4-11H2,1-3H3.